The van der Waals surface area contributed by atoms with Crippen LogP contribution in [0.2, 0.25) is 0 Å². The van der Waals surface area contributed by atoms with Crippen LogP contribution in [0.5, 0.6) is 5.75 Å². The number of aromatic hydroxyl groups is 1. The van der Waals surface area contributed by atoms with Crippen LogP contribution >= 0.6 is 0 Å². The van der Waals surface area contributed by atoms with Crippen molar-refractivity contribution in [1.29, 1.82) is 0 Å². The van der Waals surface area contributed by atoms with Crippen LogP contribution in [0.1, 0.15) is 51.3 Å². The first kappa shape index (κ1) is 16.8. The summed E-state index contributed by atoms with van der Waals surface area (Å²) in [6, 6.07) is 3.47. The minimum Gasteiger partial charge on any atom is -0.507 e. The smallest absolute Gasteiger partial charge is 0.382 e. The number of phenolic OH excluding ortho intramolecular Hbond substituents is 1. The fourth-order valence-electron chi connectivity index (χ4n) is 2.01. The minimum atomic E-state index is -1.18. The minimum absolute atomic E-state index is 0.216. The fraction of sp³-hybridized carbons (Fsp3) is 0.389. The zero-order valence-electron chi connectivity index (χ0n) is 13.2. The van der Waals surface area contributed by atoms with Crippen molar-refractivity contribution < 1.29 is 15.0 Å². The summed E-state index contributed by atoms with van der Waals surface area (Å²) in [6.45, 7) is 13.6. The largest absolute Gasteiger partial charge is 0.507 e. The third-order valence-electron chi connectivity index (χ3n) is 3.44. The maximum atomic E-state index is 10.6. The summed E-state index contributed by atoms with van der Waals surface area (Å²) in [5.41, 5.74) is 1.29. The Morgan fingerprint density at radius 3 is 2.14 bits per heavy atom. The molecule has 0 saturated carbocycles. The number of hydrogen-bond acceptors (Lipinski definition) is 2. The first-order valence-corrected chi connectivity index (χ1v) is 6.75. The van der Waals surface area contributed by atoms with Crippen molar-refractivity contribution in [2.75, 3.05) is 0 Å². The molecule has 2 N–H and O–H groups in total. The second kappa shape index (κ2) is 5.65. The van der Waals surface area contributed by atoms with Crippen molar-refractivity contribution in [2.45, 2.75) is 45.4 Å². The molecule has 1 aromatic carbocycles. The zero-order valence-corrected chi connectivity index (χ0v) is 13.2. The highest BCUT2D eigenvalue weighted by molar-refractivity contribution is 5.87. The second-order valence-electron chi connectivity index (χ2n) is 6.65. The lowest BCUT2D eigenvalue weighted by molar-refractivity contribution is -0.130. The van der Waals surface area contributed by atoms with Gasteiger partial charge in [-0.05, 0) is 17.5 Å². The third-order valence-corrected chi connectivity index (χ3v) is 3.44. The highest BCUT2D eigenvalue weighted by Gasteiger charge is 2.27. The average Bonchev–Trinajstić information content (AvgIpc) is 2.35. The number of phenols is 1. The Labute approximate surface area is 126 Å². The molecule has 0 aliphatic rings. The van der Waals surface area contributed by atoms with Crippen LogP contribution in [-0.2, 0) is 15.6 Å². The van der Waals surface area contributed by atoms with E-state index in [2.05, 4.69) is 18.4 Å². The molecule has 0 radical (unpaired) electrons. The fourth-order valence-corrected chi connectivity index (χ4v) is 2.01. The van der Waals surface area contributed by atoms with Crippen molar-refractivity contribution in [3.05, 3.63) is 41.5 Å². The monoisotopic (exact) mass is 286 g/mol. The zero-order chi connectivity index (χ0) is 16.4. The summed E-state index contributed by atoms with van der Waals surface area (Å²) < 4.78 is 0. The highest BCUT2D eigenvalue weighted by atomic mass is 16.4. The van der Waals surface area contributed by atoms with E-state index >= 15 is 0 Å². The molecule has 1 aromatic rings. The van der Waals surface area contributed by atoms with Crippen LogP contribution in [-0.4, -0.2) is 16.2 Å². The van der Waals surface area contributed by atoms with E-state index in [4.69, 9.17) is 5.11 Å². The molecule has 0 atom stereocenters. The summed E-state index contributed by atoms with van der Waals surface area (Å²) >= 11 is 0. The summed E-state index contributed by atoms with van der Waals surface area (Å²) in [4.78, 5) is 10.6. The predicted octanol–water partition coefficient (Wildman–Crippen LogP) is 3.59. The van der Waals surface area contributed by atoms with E-state index in [1.807, 2.05) is 34.6 Å². The predicted molar refractivity (Wildman–Crippen MR) is 84.5 cm³/mol. The molecule has 21 heavy (non-hydrogen) atoms. The van der Waals surface area contributed by atoms with Crippen molar-refractivity contribution in [2.24, 2.45) is 0 Å². The van der Waals surface area contributed by atoms with Gasteiger partial charge >= 0.3 is 5.97 Å². The molecular weight excluding hydrogens is 264 g/mol. The molecule has 0 unspecified atom stereocenters. The molecule has 0 bridgehead atoms. The van der Waals surface area contributed by atoms with E-state index in [-0.39, 0.29) is 11.2 Å². The van der Waals surface area contributed by atoms with Gasteiger partial charge < -0.3 is 10.2 Å². The lowest BCUT2D eigenvalue weighted by atomic mass is 9.77. The molecular formula is C18H22O3. The first-order valence-electron chi connectivity index (χ1n) is 6.75. The maximum Gasteiger partial charge on any atom is 0.382 e. The van der Waals surface area contributed by atoms with E-state index in [9.17, 15) is 9.90 Å². The quantitative estimate of drug-likeness (QED) is 0.645. The van der Waals surface area contributed by atoms with Crippen molar-refractivity contribution >= 4 is 5.97 Å². The summed E-state index contributed by atoms with van der Waals surface area (Å²) in [7, 11) is 0. The number of benzene rings is 1. The van der Waals surface area contributed by atoms with Crippen LogP contribution in [0.15, 0.2) is 24.8 Å². The van der Waals surface area contributed by atoms with Crippen molar-refractivity contribution in [3.63, 3.8) is 0 Å². The summed E-state index contributed by atoms with van der Waals surface area (Å²) in [6.07, 6.45) is 1.75. The van der Waals surface area contributed by atoms with E-state index in [1.165, 1.54) is 0 Å². The molecule has 0 amide bonds. The topological polar surface area (TPSA) is 57.5 Å². The van der Waals surface area contributed by atoms with E-state index < -0.39 is 11.4 Å². The Bertz CT molecular complexity index is 635. The lowest BCUT2D eigenvalue weighted by Gasteiger charge is -2.28. The van der Waals surface area contributed by atoms with Crippen molar-refractivity contribution in [3.8, 4) is 17.6 Å². The van der Waals surface area contributed by atoms with Crippen LogP contribution < -0.4 is 0 Å². The van der Waals surface area contributed by atoms with Gasteiger partial charge in [-0.1, -0.05) is 46.6 Å². The van der Waals surface area contributed by atoms with Gasteiger partial charge in [-0.3, -0.25) is 0 Å². The van der Waals surface area contributed by atoms with Gasteiger partial charge in [0.05, 0.1) is 0 Å². The lowest BCUT2D eigenvalue weighted by Crippen LogP contribution is -2.18. The number of carbonyl (C=O) groups is 1. The third kappa shape index (κ3) is 3.88. The number of carboxylic acids is 1. The molecule has 0 saturated heterocycles. The van der Waals surface area contributed by atoms with E-state index in [0.29, 0.717) is 11.1 Å². The Balaban J connectivity index is 3.66. The number of allylic oxidation sites excluding steroid dienone is 1. The van der Waals surface area contributed by atoms with Gasteiger partial charge in [-0.25, -0.2) is 4.79 Å². The van der Waals surface area contributed by atoms with Crippen LogP contribution in [0, 0.1) is 11.8 Å². The SMILES string of the molecule is C=CC(C)(C)c1cc(C#CC(=O)O)cc(C(C)(C)C)c1O. The van der Waals surface area contributed by atoms with Gasteiger partial charge in [0.1, 0.15) is 5.75 Å². The van der Waals surface area contributed by atoms with Gasteiger partial charge in [0, 0.05) is 28.0 Å². The van der Waals surface area contributed by atoms with E-state index in [1.54, 1.807) is 18.2 Å². The molecule has 0 aromatic heterocycles. The Morgan fingerprint density at radius 2 is 1.71 bits per heavy atom. The van der Waals surface area contributed by atoms with Gasteiger partial charge in [0.15, 0.2) is 0 Å². The van der Waals surface area contributed by atoms with Gasteiger partial charge in [0.25, 0.3) is 0 Å². The Kier molecular flexibility index (Phi) is 4.53. The molecule has 3 nitrogen and oxygen atoms in total. The van der Waals surface area contributed by atoms with E-state index in [0.717, 1.165) is 5.56 Å². The maximum absolute atomic E-state index is 10.6. The van der Waals surface area contributed by atoms with Gasteiger partial charge in [0.2, 0.25) is 0 Å². The van der Waals surface area contributed by atoms with Crippen LogP contribution in [0.4, 0.5) is 0 Å². The second-order valence-corrected chi connectivity index (χ2v) is 6.65. The molecule has 0 aliphatic heterocycles. The Hall–Kier alpha value is -2.21. The summed E-state index contributed by atoms with van der Waals surface area (Å²) in [5.74, 6) is 3.78. The molecule has 112 valence electrons. The van der Waals surface area contributed by atoms with Crippen LogP contribution in [0.3, 0.4) is 0 Å². The number of hydrogen-bond donors (Lipinski definition) is 2. The molecule has 0 aliphatic carbocycles. The molecule has 3 heteroatoms. The van der Waals surface area contributed by atoms with Gasteiger partial charge in [-0.15, -0.1) is 6.58 Å². The molecule has 0 spiro atoms. The first-order chi connectivity index (χ1) is 9.49. The number of rotatable bonds is 2. The Morgan fingerprint density at radius 1 is 1.19 bits per heavy atom. The average molecular weight is 286 g/mol. The molecule has 1 rings (SSSR count). The number of aliphatic carboxylic acids is 1. The van der Waals surface area contributed by atoms with Gasteiger partial charge in [-0.2, -0.15) is 0 Å². The number of carboxylic acid groups (broad SMARTS) is 1. The molecule has 0 heterocycles. The standard InChI is InChI=1S/C18H22O3/c1-7-18(5,6)14-11-12(8-9-15(19)20)10-13(16(14)21)17(2,3)4/h7,10-11,21H,1H2,2-6H3,(H,19,20). The normalized spacial score (nSPS) is 11.5. The highest BCUT2D eigenvalue weighted by Crippen LogP contribution is 2.40. The molecule has 0 fully saturated rings. The summed E-state index contributed by atoms with van der Waals surface area (Å²) in [5, 5.41) is 19.3. The van der Waals surface area contributed by atoms with Crippen molar-refractivity contribution in [1.82, 2.24) is 0 Å². The van der Waals surface area contributed by atoms with Crippen LogP contribution in [0.25, 0.3) is 0 Å².